The molecule has 2 aromatic heterocycles. The van der Waals surface area contributed by atoms with Gasteiger partial charge in [0, 0.05) is 11.8 Å². The fourth-order valence-corrected chi connectivity index (χ4v) is 2.17. The van der Waals surface area contributed by atoms with Gasteiger partial charge in [-0.2, -0.15) is 0 Å². The molecule has 8 heteroatoms. The lowest BCUT2D eigenvalue weighted by atomic mass is 10.2. The Hall–Kier alpha value is -3.03. The molecule has 0 aliphatic heterocycles. The number of benzene rings is 1. The minimum absolute atomic E-state index is 0.0849. The molecule has 2 heterocycles. The average Bonchev–Trinajstić information content (AvgIpc) is 2.95. The summed E-state index contributed by atoms with van der Waals surface area (Å²) < 4.78 is 33.4. The van der Waals surface area contributed by atoms with Gasteiger partial charge in [-0.3, -0.25) is 4.79 Å². The van der Waals surface area contributed by atoms with E-state index in [4.69, 9.17) is 0 Å². The molecule has 3 rings (SSSR count). The second kappa shape index (κ2) is 5.99. The molecule has 1 aromatic carbocycles. The summed E-state index contributed by atoms with van der Waals surface area (Å²) in [5.74, 6) is -3.02. The van der Waals surface area contributed by atoms with Crippen molar-refractivity contribution in [3.05, 3.63) is 59.4 Å². The third kappa shape index (κ3) is 2.83. The second-order valence-electron chi connectivity index (χ2n) is 4.72. The summed E-state index contributed by atoms with van der Waals surface area (Å²) >= 11 is 0. The normalized spacial score (nSPS) is 10.7. The summed E-state index contributed by atoms with van der Waals surface area (Å²) in [5, 5.41) is 10.4. The highest BCUT2D eigenvalue weighted by Gasteiger charge is 2.16. The zero-order valence-corrected chi connectivity index (χ0v) is 12.1. The van der Waals surface area contributed by atoms with Crippen molar-refractivity contribution in [2.24, 2.45) is 0 Å². The van der Waals surface area contributed by atoms with Crippen molar-refractivity contribution in [2.75, 3.05) is 7.11 Å². The van der Waals surface area contributed by atoms with Crippen LogP contribution in [-0.4, -0.2) is 27.8 Å². The van der Waals surface area contributed by atoms with E-state index in [0.717, 1.165) is 24.8 Å². The SMILES string of the molecule is COc1c(F)cc(C(=O)NCc2nnn3ccccc23)cc1F. The fourth-order valence-electron chi connectivity index (χ4n) is 2.17. The summed E-state index contributed by atoms with van der Waals surface area (Å²) in [6.45, 7) is 0.0849. The number of amides is 1. The number of methoxy groups -OCH3 is 1. The number of nitrogens with zero attached hydrogens (tertiary/aromatic N) is 3. The van der Waals surface area contributed by atoms with Gasteiger partial charge >= 0.3 is 0 Å². The standard InChI is InChI=1S/C15H12F2N4O2/c1-23-14-10(16)6-9(7-11(14)17)15(22)18-8-12-13-4-2-3-5-21(13)20-19-12/h2-7H,8H2,1H3,(H,18,22). The van der Waals surface area contributed by atoms with Crippen LogP contribution in [0.2, 0.25) is 0 Å². The van der Waals surface area contributed by atoms with Gasteiger partial charge in [0.2, 0.25) is 0 Å². The van der Waals surface area contributed by atoms with Gasteiger partial charge in [0.15, 0.2) is 17.4 Å². The van der Waals surface area contributed by atoms with Crippen LogP contribution in [0.1, 0.15) is 16.1 Å². The molecule has 0 spiro atoms. The highest BCUT2D eigenvalue weighted by atomic mass is 19.1. The predicted molar refractivity (Wildman–Crippen MR) is 77.1 cm³/mol. The van der Waals surface area contributed by atoms with Crippen LogP contribution in [0.4, 0.5) is 8.78 Å². The fraction of sp³-hybridized carbons (Fsp3) is 0.133. The van der Waals surface area contributed by atoms with Gasteiger partial charge in [-0.15, -0.1) is 5.10 Å². The third-order valence-corrected chi connectivity index (χ3v) is 3.28. The lowest BCUT2D eigenvalue weighted by Crippen LogP contribution is -2.23. The first-order chi connectivity index (χ1) is 11.1. The van der Waals surface area contributed by atoms with Crippen molar-refractivity contribution < 1.29 is 18.3 Å². The number of hydrogen-bond donors (Lipinski definition) is 1. The van der Waals surface area contributed by atoms with E-state index in [1.54, 1.807) is 22.8 Å². The van der Waals surface area contributed by atoms with Crippen molar-refractivity contribution >= 4 is 11.4 Å². The van der Waals surface area contributed by atoms with Gasteiger partial charge in [0.05, 0.1) is 19.2 Å². The molecular formula is C15H12F2N4O2. The molecule has 0 bridgehead atoms. The highest BCUT2D eigenvalue weighted by Crippen LogP contribution is 2.22. The largest absolute Gasteiger partial charge is 0.491 e. The number of nitrogens with one attached hydrogen (secondary N) is 1. The molecule has 0 saturated heterocycles. The van der Waals surface area contributed by atoms with Crippen LogP contribution in [0.15, 0.2) is 36.5 Å². The van der Waals surface area contributed by atoms with E-state index >= 15 is 0 Å². The molecular weight excluding hydrogens is 306 g/mol. The highest BCUT2D eigenvalue weighted by molar-refractivity contribution is 5.94. The van der Waals surface area contributed by atoms with Gasteiger partial charge in [-0.1, -0.05) is 11.3 Å². The summed E-state index contributed by atoms with van der Waals surface area (Å²) in [6.07, 6.45) is 1.72. The lowest BCUT2D eigenvalue weighted by molar-refractivity contribution is 0.0949. The minimum Gasteiger partial charge on any atom is -0.491 e. The molecule has 23 heavy (non-hydrogen) atoms. The average molecular weight is 318 g/mol. The van der Waals surface area contributed by atoms with E-state index in [-0.39, 0.29) is 12.1 Å². The summed E-state index contributed by atoms with van der Waals surface area (Å²) in [7, 11) is 1.15. The quantitative estimate of drug-likeness (QED) is 0.798. The van der Waals surface area contributed by atoms with Gasteiger partial charge < -0.3 is 10.1 Å². The number of carbonyl (C=O) groups is 1. The maximum absolute atomic E-state index is 13.6. The van der Waals surface area contributed by atoms with Gasteiger partial charge in [0.1, 0.15) is 5.69 Å². The van der Waals surface area contributed by atoms with E-state index < -0.39 is 23.3 Å². The Kier molecular flexibility index (Phi) is 3.88. The number of fused-ring (bicyclic) bond motifs is 1. The van der Waals surface area contributed by atoms with E-state index in [1.807, 2.05) is 6.07 Å². The molecule has 0 radical (unpaired) electrons. The minimum atomic E-state index is -0.938. The van der Waals surface area contributed by atoms with Gasteiger partial charge in [-0.25, -0.2) is 13.3 Å². The Morgan fingerprint density at radius 2 is 2.04 bits per heavy atom. The smallest absolute Gasteiger partial charge is 0.251 e. The summed E-state index contributed by atoms with van der Waals surface area (Å²) in [5.41, 5.74) is 1.14. The van der Waals surface area contributed by atoms with Gasteiger partial charge in [-0.05, 0) is 24.3 Å². The Bertz CT molecular complexity index is 856. The van der Waals surface area contributed by atoms with E-state index in [1.165, 1.54) is 0 Å². The summed E-state index contributed by atoms with van der Waals surface area (Å²) in [6, 6.07) is 7.25. The first-order valence-corrected chi connectivity index (χ1v) is 6.70. The van der Waals surface area contributed by atoms with Crippen LogP contribution in [0.5, 0.6) is 5.75 Å². The number of hydrogen-bond acceptors (Lipinski definition) is 4. The van der Waals surface area contributed by atoms with Gasteiger partial charge in [0.25, 0.3) is 5.91 Å². The Morgan fingerprint density at radius 3 is 2.74 bits per heavy atom. The zero-order valence-electron chi connectivity index (χ0n) is 12.1. The monoisotopic (exact) mass is 318 g/mol. The Balaban J connectivity index is 1.77. The number of carbonyl (C=O) groups excluding carboxylic acids is 1. The number of aromatic nitrogens is 3. The van der Waals surface area contributed by atoms with E-state index in [0.29, 0.717) is 5.69 Å². The van der Waals surface area contributed by atoms with Crippen molar-refractivity contribution in [3.63, 3.8) is 0 Å². The molecule has 1 N–H and O–H groups in total. The molecule has 0 saturated carbocycles. The van der Waals surface area contributed by atoms with E-state index in [2.05, 4.69) is 20.4 Å². The molecule has 6 nitrogen and oxygen atoms in total. The molecule has 0 atom stereocenters. The predicted octanol–water partition coefficient (Wildman–Crippen LogP) is 1.95. The van der Waals surface area contributed by atoms with Crippen molar-refractivity contribution in [3.8, 4) is 5.75 Å². The van der Waals surface area contributed by atoms with Crippen LogP contribution in [0, 0.1) is 11.6 Å². The van der Waals surface area contributed by atoms with Crippen molar-refractivity contribution in [2.45, 2.75) is 6.54 Å². The molecule has 0 fully saturated rings. The molecule has 0 unspecified atom stereocenters. The maximum atomic E-state index is 13.6. The molecule has 3 aromatic rings. The number of halogens is 2. The Labute approximate surface area is 129 Å². The molecule has 0 aliphatic carbocycles. The van der Waals surface area contributed by atoms with Crippen LogP contribution >= 0.6 is 0 Å². The lowest BCUT2D eigenvalue weighted by Gasteiger charge is -2.07. The zero-order chi connectivity index (χ0) is 16.4. The summed E-state index contributed by atoms with van der Waals surface area (Å²) in [4.78, 5) is 12.0. The topological polar surface area (TPSA) is 68.5 Å². The molecule has 0 aliphatic rings. The van der Waals surface area contributed by atoms with Crippen molar-refractivity contribution in [1.29, 1.82) is 0 Å². The van der Waals surface area contributed by atoms with Crippen LogP contribution < -0.4 is 10.1 Å². The number of pyridine rings is 1. The van der Waals surface area contributed by atoms with Crippen LogP contribution in [-0.2, 0) is 6.54 Å². The molecule has 118 valence electrons. The maximum Gasteiger partial charge on any atom is 0.251 e. The first kappa shape index (κ1) is 14.9. The van der Waals surface area contributed by atoms with Crippen LogP contribution in [0.3, 0.4) is 0 Å². The molecule has 1 amide bonds. The van der Waals surface area contributed by atoms with E-state index in [9.17, 15) is 13.6 Å². The van der Waals surface area contributed by atoms with Crippen LogP contribution in [0.25, 0.3) is 5.52 Å². The number of rotatable bonds is 4. The van der Waals surface area contributed by atoms with Crippen molar-refractivity contribution in [1.82, 2.24) is 20.1 Å². The Morgan fingerprint density at radius 1 is 1.30 bits per heavy atom. The first-order valence-electron chi connectivity index (χ1n) is 6.70. The third-order valence-electron chi connectivity index (χ3n) is 3.28. The second-order valence-corrected chi connectivity index (χ2v) is 4.72. The number of ether oxygens (including phenoxy) is 1.